The Hall–Kier alpha value is -0.870. The van der Waals surface area contributed by atoms with Crippen molar-refractivity contribution in [1.82, 2.24) is 10.2 Å². The van der Waals surface area contributed by atoms with Crippen molar-refractivity contribution in [3.05, 3.63) is 16.3 Å². The molecule has 2 fully saturated rings. The molecule has 5 rings (SSSR count). The van der Waals surface area contributed by atoms with Gasteiger partial charge in [0.05, 0.1) is 5.60 Å². The molecule has 4 aliphatic rings. The van der Waals surface area contributed by atoms with E-state index in [0.29, 0.717) is 23.0 Å². The maximum atomic E-state index is 9.85. The van der Waals surface area contributed by atoms with Crippen LogP contribution >= 0.6 is 11.6 Å². The Morgan fingerprint density at radius 2 is 1.70 bits per heavy atom. The number of anilines is 1. The third-order valence-electron chi connectivity index (χ3n) is 5.26. The van der Waals surface area contributed by atoms with Crippen LogP contribution in [-0.4, -0.2) is 26.9 Å². The molecule has 1 aromatic heterocycles. The monoisotopic (exact) mass is 293 g/mol. The van der Waals surface area contributed by atoms with E-state index in [0.717, 1.165) is 18.7 Å². The molecule has 0 aliphatic heterocycles. The van der Waals surface area contributed by atoms with E-state index in [2.05, 4.69) is 15.5 Å². The van der Waals surface area contributed by atoms with Crippen LogP contribution in [0.3, 0.4) is 0 Å². The van der Waals surface area contributed by atoms with Gasteiger partial charge in [0.15, 0.2) is 11.0 Å². The smallest absolute Gasteiger partial charge is 0.155 e. The lowest BCUT2D eigenvalue weighted by Crippen LogP contribution is -2.48. The summed E-state index contributed by atoms with van der Waals surface area (Å²) in [6, 6.07) is 0.310. The molecule has 2 saturated carbocycles. The van der Waals surface area contributed by atoms with Crippen molar-refractivity contribution in [1.29, 1.82) is 0 Å². The van der Waals surface area contributed by atoms with Gasteiger partial charge in [-0.15, -0.1) is 10.2 Å². The highest BCUT2D eigenvalue weighted by molar-refractivity contribution is 6.30. The molecule has 2 N–H and O–H groups in total. The van der Waals surface area contributed by atoms with Crippen molar-refractivity contribution in [2.24, 2.45) is 0 Å². The van der Waals surface area contributed by atoms with E-state index in [9.17, 15) is 5.11 Å². The van der Waals surface area contributed by atoms with Gasteiger partial charge in [-0.25, -0.2) is 0 Å². The van der Waals surface area contributed by atoms with E-state index in [-0.39, 0.29) is 0 Å². The van der Waals surface area contributed by atoms with Crippen LogP contribution in [0, 0.1) is 0 Å². The molecule has 1 aromatic rings. The molecule has 0 unspecified atom stereocenters. The first-order valence-electron chi connectivity index (χ1n) is 7.58. The van der Waals surface area contributed by atoms with E-state index in [1.54, 1.807) is 0 Å². The average Bonchev–Trinajstić information content (AvgIpc) is 2.41. The first-order chi connectivity index (χ1) is 9.53. The number of aromatic nitrogens is 2. The number of hydrogen-bond acceptors (Lipinski definition) is 4. The lowest BCUT2D eigenvalue weighted by atomic mass is 9.67. The Kier molecular flexibility index (Phi) is 2.77. The molecule has 0 amide bonds. The fraction of sp³-hybridized carbons (Fsp3) is 0.733. The minimum Gasteiger partial charge on any atom is -0.390 e. The number of aliphatic hydroxyl groups is 1. The molecule has 0 radical (unpaired) electrons. The van der Waals surface area contributed by atoms with Gasteiger partial charge in [-0.3, -0.25) is 0 Å². The van der Waals surface area contributed by atoms with E-state index in [4.69, 9.17) is 11.6 Å². The second kappa shape index (κ2) is 4.31. The van der Waals surface area contributed by atoms with Gasteiger partial charge in [-0.05, 0) is 57.3 Å². The van der Waals surface area contributed by atoms with Crippen molar-refractivity contribution in [2.75, 3.05) is 5.32 Å². The Balaban J connectivity index is 1.66. The van der Waals surface area contributed by atoms with Crippen LogP contribution in [0.4, 0.5) is 5.82 Å². The molecular formula is C15H20ClN3O. The molecule has 4 aliphatic carbocycles. The number of rotatable bonds is 2. The Bertz CT molecular complexity index is 544. The second-order valence-corrected chi connectivity index (χ2v) is 7.32. The fourth-order valence-corrected chi connectivity index (χ4v) is 4.61. The molecule has 1 heterocycles. The highest BCUT2D eigenvalue weighted by atomic mass is 35.5. The lowest BCUT2D eigenvalue weighted by Gasteiger charge is -2.43. The summed E-state index contributed by atoms with van der Waals surface area (Å²) >= 11 is 6.30. The highest BCUT2D eigenvalue weighted by Gasteiger charge is 2.41. The first-order valence-corrected chi connectivity index (χ1v) is 7.96. The average molecular weight is 294 g/mol. The molecule has 0 aromatic carbocycles. The van der Waals surface area contributed by atoms with Crippen LogP contribution in [0.15, 0.2) is 0 Å². The standard InChI is InChI=1S/C15H20ClN3O/c1-15(20)6-10(7-15)17-14-12-9-4-2-8(3-5-9)11(12)13(16)18-19-14/h8-10,20H,2-7H2,1H3,(H,17,19). The van der Waals surface area contributed by atoms with Crippen molar-refractivity contribution >= 4 is 17.4 Å². The van der Waals surface area contributed by atoms with Crippen molar-refractivity contribution in [3.63, 3.8) is 0 Å². The summed E-state index contributed by atoms with van der Waals surface area (Å²) in [4.78, 5) is 0. The Labute approximate surface area is 123 Å². The minimum atomic E-state index is -0.517. The fourth-order valence-electron chi connectivity index (χ4n) is 4.32. The molecule has 5 heteroatoms. The summed E-state index contributed by atoms with van der Waals surface area (Å²) in [5.41, 5.74) is 2.05. The van der Waals surface area contributed by atoms with E-state index in [1.165, 1.54) is 36.8 Å². The zero-order valence-corrected chi connectivity index (χ0v) is 12.5. The highest BCUT2D eigenvalue weighted by Crippen LogP contribution is 2.53. The van der Waals surface area contributed by atoms with E-state index >= 15 is 0 Å². The molecule has 20 heavy (non-hydrogen) atoms. The maximum Gasteiger partial charge on any atom is 0.155 e. The molecular weight excluding hydrogens is 274 g/mol. The SMILES string of the molecule is CC1(O)CC(Nc2nnc(Cl)c3c2C2CCC3CC2)C1. The second-order valence-electron chi connectivity index (χ2n) is 6.96. The molecule has 0 saturated heterocycles. The normalized spacial score (nSPS) is 38.2. The van der Waals surface area contributed by atoms with Crippen LogP contribution in [-0.2, 0) is 0 Å². The summed E-state index contributed by atoms with van der Waals surface area (Å²) in [6.45, 7) is 1.89. The summed E-state index contributed by atoms with van der Waals surface area (Å²) in [5.74, 6) is 2.08. The van der Waals surface area contributed by atoms with Crippen LogP contribution in [0.25, 0.3) is 0 Å². The zero-order valence-electron chi connectivity index (χ0n) is 11.7. The zero-order chi connectivity index (χ0) is 13.9. The summed E-state index contributed by atoms with van der Waals surface area (Å²) in [5, 5.41) is 22.4. The number of fused-ring (bicyclic) bond motifs is 2. The number of hydrogen-bond donors (Lipinski definition) is 2. The third-order valence-corrected chi connectivity index (χ3v) is 5.54. The summed E-state index contributed by atoms with van der Waals surface area (Å²) < 4.78 is 0. The van der Waals surface area contributed by atoms with Gasteiger partial charge in [-0.2, -0.15) is 0 Å². The molecule has 108 valence electrons. The lowest BCUT2D eigenvalue weighted by molar-refractivity contribution is -0.0235. The minimum absolute atomic E-state index is 0.310. The van der Waals surface area contributed by atoms with Crippen LogP contribution < -0.4 is 5.32 Å². The third kappa shape index (κ3) is 1.92. The van der Waals surface area contributed by atoms with E-state index in [1.807, 2.05) is 6.92 Å². The van der Waals surface area contributed by atoms with Gasteiger partial charge < -0.3 is 10.4 Å². The molecule has 2 bridgehead atoms. The predicted octanol–water partition coefficient (Wildman–Crippen LogP) is 3.21. The van der Waals surface area contributed by atoms with Crippen molar-refractivity contribution < 1.29 is 5.11 Å². The van der Waals surface area contributed by atoms with Gasteiger partial charge in [0, 0.05) is 17.2 Å². The van der Waals surface area contributed by atoms with Gasteiger partial charge in [0.1, 0.15) is 0 Å². The first kappa shape index (κ1) is 12.8. The number of halogens is 1. The van der Waals surface area contributed by atoms with Crippen LogP contribution in [0.5, 0.6) is 0 Å². The number of nitrogens with zero attached hydrogens (tertiary/aromatic N) is 2. The van der Waals surface area contributed by atoms with Gasteiger partial charge in [-0.1, -0.05) is 11.6 Å². The van der Waals surface area contributed by atoms with E-state index < -0.39 is 5.60 Å². The largest absolute Gasteiger partial charge is 0.390 e. The van der Waals surface area contributed by atoms with Crippen molar-refractivity contribution in [3.8, 4) is 0 Å². The topological polar surface area (TPSA) is 58.0 Å². The van der Waals surface area contributed by atoms with Gasteiger partial charge in [0.2, 0.25) is 0 Å². The molecule has 0 atom stereocenters. The summed E-state index contributed by atoms with van der Waals surface area (Å²) in [6.07, 6.45) is 6.52. The molecule has 0 spiro atoms. The van der Waals surface area contributed by atoms with Crippen molar-refractivity contribution in [2.45, 2.75) is 68.9 Å². The number of nitrogens with one attached hydrogen (secondary N) is 1. The van der Waals surface area contributed by atoms with Gasteiger partial charge >= 0.3 is 0 Å². The Morgan fingerprint density at radius 3 is 2.30 bits per heavy atom. The van der Waals surface area contributed by atoms with Gasteiger partial charge in [0.25, 0.3) is 0 Å². The van der Waals surface area contributed by atoms with Crippen LogP contribution in [0.1, 0.15) is 68.4 Å². The van der Waals surface area contributed by atoms with Crippen LogP contribution in [0.2, 0.25) is 5.15 Å². The predicted molar refractivity (Wildman–Crippen MR) is 78.3 cm³/mol. The quantitative estimate of drug-likeness (QED) is 0.879. The molecule has 4 nitrogen and oxygen atoms in total. The Morgan fingerprint density at radius 1 is 1.10 bits per heavy atom. The summed E-state index contributed by atoms with van der Waals surface area (Å²) in [7, 11) is 0. The maximum absolute atomic E-state index is 9.85.